The molecule has 18 heavy (non-hydrogen) atoms. The normalized spacial score (nSPS) is 18.3. The molecule has 2 heteroatoms. The van der Waals surface area contributed by atoms with Crippen LogP contribution >= 0.6 is 0 Å². The Morgan fingerprint density at radius 1 is 1.33 bits per heavy atom. The van der Waals surface area contributed by atoms with Gasteiger partial charge in [-0.2, -0.15) is 0 Å². The van der Waals surface area contributed by atoms with E-state index in [1.165, 1.54) is 30.4 Å². The third kappa shape index (κ3) is 3.69. The fourth-order valence-corrected chi connectivity index (χ4v) is 2.54. The molecule has 0 heterocycles. The number of aryl methyl sites for hydroxylation is 1. The van der Waals surface area contributed by atoms with Crippen LogP contribution in [0.5, 0.6) is 0 Å². The average Bonchev–Trinajstić information content (AvgIpc) is 2.43. The maximum Gasteiger partial charge on any atom is 0.0591 e. The molecule has 0 bridgehead atoms. The van der Waals surface area contributed by atoms with E-state index in [2.05, 4.69) is 36.2 Å². The summed E-state index contributed by atoms with van der Waals surface area (Å²) in [6.45, 7) is 6.18. The Morgan fingerprint density at radius 2 is 2.22 bits per heavy atom. The highest BCUT2D eigenvalue weighted by Gasteiger charge is 2.18. The molecule has 2 rings (SSSR count). The van der Waals surface area contributed by atoms with E-state index in [0.29, 0.717) is 6.04 Å². The minimum atomic E-state index is 0.512. The average molecular weight is 245 g/mol. The Morgan fingerprint density at radius 3 is 3.11 bits per heavy atom. The predicted octanol–water partition coefficient (Wildman–Crippen LogP) is 3.25. The number of rotatable bonds is 7. The zero-order chi connectivity index (χ0) is 12.6. The van der Waals surface area contributed by atoms with Gasteiger partial charge < -0.3 is 10.1 Å². The maximum absolute atomic E-state index is 5.52. The summed E-state index contributed by atoms with van der Waals surface area (Å²) in [6, 6.07) is 9.30. The summed E-state index contributed by atoms with van der Waals surface area (Å²) in [6.07, 6.45) is 6.58. The lowest BCUT2D eigenvalue weighted by Crippen LogP contribution is -2.28. The minimum absolute atomic E-state index is 0.512. The van der Waals surface area contributed by atoms with E-state index in [0.717, 1.165) is 26.2 Å². The highest BCUT2D eigenvalue weighted by Crippen LogP contribution is 2.29. The predicted molar refractivity (Wildman–Crippen MR) is 75.8 cm³/mol. The van der Waals surface area contributed by atoms with Crippen molar-refractivity contribution in [2.75, 3.05) is 19.8 Å². The van der Waals surface area contributed by atoms with Crippen LogP contribution in [-0.2, 0) is 11.2 Å². The molecule has 0 saturated heterocycles. The number of benzene rings is 1. The van der Waals surface area contributed by atoms with Gasteiger partial charge in [-0.15, -0.1) is 6.58 Å². The van der Waals surface area contributed by atoms with Crippen LogP contribution in [0.25, 0.3) is 0 Å². The molecule has 1 aliphatic carbocycles. The molecule has 1 N–H and O–H groups in total. The fraction of sp³-hybridized carbons (Fsp3) is 0.500. The summed E-state index contributed by atoms with van der Waals surface area (Å²) in [4.78, 5) is 0. The molecule has 0 spiro atoms. The lowest BCUT2D eigenvalue weighted by Gasteiger charge is -2.26. The molecule has 1 aromatic carbocycles. The van der Waals surface area contributed by atoms with E-state index in [1.807, 2.05) is 6.08 Å². The van der Waals surface area contributed by atoms with Gasteiger partial charge in [-0.05, 0) is 36.8 Å². The van der Waals surface area contributed by atoms with Crippen molar-refractivity contribution in [3.8, 4) is 0 Å². The van der Waals surface area contributed by atoms with Gasteiger partial charge in [0.1, 0.15) is 0 Å². The second-order valence-corrected chi connectivity index (χ2v) is 4.79. The third-order valence-electron chi connectivity index (χ3n) is 3.47. The highest BCUT2D eigenvalue weighted by atomic mass is 16.5. The number of hydrogen-bond acceptors (Lipinski definition) is 2. The monoisotopic (exact) mass is 245 g/mol. The molecular weight excluding hydrogens is 222 g/mol. The van der Waals surface area contributed by atoms with Crippen molar-refractivity contribution < 1.29 is 4.74 Å². The van der Waals surface area contributed by atoms with Crippen LogP contribution in [0.2, 0.25) is 0 Å². The van der Waals surface area contributed by atoms with E-state index in [-0.39, 0.29) is 0 Å². The highest BCUT2D eigenvalue weighted by molar-refractivity contribution is 5.32. The van der Waals surface area contributed by atoms with Crippen LogP contribution in [0.3, 0.4) is 0 Å². The Kier molecular flexibility index (Phi) is 5.43. The maximum atomic E-state index is 5.52. The van der Waals surface area contributed by atoms with Crippen molar-refractivity contribution in [3.05, 3.63) is 48.0 Å². The second-order valence-electron chi connectivity index (χ2n) is 4.79. The molecule has 0 aliphatic heterocycles. The molecule has 1 unspecified atom stereocenters. The molecular formula is C16H23NO. The molecule has 1 aromatic rings. The van der Waals surface area contributed by atoms with E-state index in [4.69, 9.17) is 4.74 Å². The summed E-state index contributed by atoms with van der Waals surface area (Å²) in [5.74, 6) is 0. The molecule has 0 fully saturated rings. The van der Waals surface area contributed by atoms with E-state index in [1.54, 1.807) is 0 Å². The van der Waals surface area contributed by atoms with Crippen molar-refractivity contribution in [1.29, 1.82) is 0 Å². The van der Waals surface area contributed by atoms with E-state index >= 15 is 0 Å². The first kappa shape index (κ1) is 13.3. The molecule has 0 aromatic heterocycles. The lowest BCUT2D eigenvalue weighted by atomic mass is 9.88. The Hall–Kier alpha value is -1.12. The topological polar surface area (TPSA) is 21.3 Å². The van der Waals surface area contributed by atoms with Crippen LogP contribution < -0.4 is 5.32 Å². The molecule has 0 saturated carbocycles. The Balaban J connectivity index is 1.75. The fourth-order valence-electron chi connectivity index (χ4n) is 2.54. The first-order chi connectivity index (χ1) is 8.92. The van der Waals surface area contributed by atoms with Crippen molar-refractivity contribution in [1.82, 2.24) is 5.32 Å². The second kappa shape index (κ2) is 7.34. The number of fused-ring (bicyclic) bond motifs is 1. The third-order valence-corrected chi connectivity index (χ3v) is 3.47. The number of hydrogen-bond donors (Lipinski definition) is 1. The molecule has 98 valence electrons. The van der Waals surface area contributed by atoms with Gasteiger partial charge in [-0.25, -0.2) is 0 Å². The Bertz CT molecular complexity index is 375. The number of ether oxygens (including phenoxy) is 1. The van der Waals surface area contributed by atoms with Crippen molar-refractivity contribution in [2.24, 2.45) is 0 Å². The summed E-state index contributed by atoms with van der Waals surface area (Å²) in [5, 5.41) is 3.60. The van der Waals surface area contributed by atoms with Crippen LogP contribution in [-0.4, -0.2) is 19.8 Å². The van der Waals surface area contributed by atoms with Crippen LogP contribution in [0.15, 0.2) is 36.9 Å². The van der Waals surface area contributed by atoms with E-state index in [9.17, 15) is 0 Å². The minimum Gasteiger partial charge on any atom is -0.380 e. The van der Waals surface area contributed by atoms with Gasteiger partial charge in [-0.1, -0.05) is 30.3 Å². The first-order valence-electron chi connectivity index (χ1n) is 6.91. The standard InChI is InChI=1S/C16H23NO/c1-2-3-12-18-13-11-17-16-10-6-8-14-7-4-5-9-15(14)16/h2,4-5,7,9,16-17H,1,3,6,8,10-13H2. The van der Waals surface area contributed by atoms with Gasteiger partial charge >= 0.3 is 0 Å². The van der Waals surface area contributed by atoms with Crippen LogP contribution in [0, 0.1) is 0 Å². The van der Waals surface area contributed by atoms with Gasteiger partial charge in [-0.3, -0.25) is 0 Å². The molecule has 0 amide bonds. The summed E-state index contributed by atoms with van der Waals surface area (Å²) < 4.78 is 5.52. The zero-order valence-electron chi connectivity index (χ0n) is 11.0. The smallest absolute Gasteiger partial charge is 0.0591 e. The quantitative estimate of drug-likeness (QED) is 0.588. The van der Waals surface area contributed by atoms with Gasteiger partial charge in [0.2, 0.25) is 0 Å². The summed E-state index contributed by atoms with van der Waals surface area (Å²) in [5.41, 5.74) is 2.99. The summed E-state index contributed by atoms with van der Waals surface area (Å²) >= 11 is 0. The van der Waals surface area contributed by atoms with Crippen molar-refractivity contribution in [3.63, 3.8) is 0 Å². The van der Waals surface area contributed by atoms with Gasteiger partial charge in [0.25, 0.3) is 0 Å². The van der Waals surface area contributed by atoms with Gasteiger partial charge in [0.15, 0.2) is 0 Å². The lowest BCUT2D eigenvalue weighted by molar-refractivity contribution is 0.137. The van der Waals surface area contributed by atoms with E-state index < -0.39 is 0 Å². The molecule has 1 aliphatic rings. The largest absolute Gasteiger partial charge is 0.380 e. The van der Waals surface area contributed by atoms with Crippen molar-refractivity contribution >= 4 is 0 Å². The Labute approximate surface area is 110 Å². The SMILES string of the molecule is C=CCCOCCNC1CCCc2ccccc21. The first-order valence-corrected chi connectivity index (χ1v) is 6.91. The van der Waals surface area contributed by atoms with Gasteiger partial charge in [0, 0.05) is 12.6 Å². The van der Waals surface area contributed by atoms with Gasteiger partial charge in [0.05, 0.1) is 13.2 Å². The van der Waals surface area contributed by atoms with Crippen molar-refractivity contribution in [2.45, 2.75) is 31.7 Å². The molecule has 2 nitrogen and oxygen atoms in total. The summed E-state index contributed by atoms with van der Waals surface area (Å²) in [7, 11) is 0. The van der Waals surface area contributed by atoms with Crippen LogP contribution in [0.4, 0.5) is 0 Å². The zero-order valence-corrected chi connectivity index (χ0v) is 11.0. The molecule has 0 radical (unpaired) electrons. The van der Waals surface area contributed by atoms with Crippen LogP contribution in [0.1, 0.15) is 36.4 Å². The molecule has 1 atom stereocenters. The number of nitrogens with one attached hydrogen (secondary N) is 1.